The molecule has 4 heteroatoms. The molecule has 0 atom stereocenters. The van der Waals surface area contributed by atoms with Gasteiger partial charge in [-0.1, -0.05) is 0 Å². The van der Waals surface area contributed by atoms with Crippen LogP contribution in [0.4, 0.5) is 0 Å². The van der Waals surface area contributed by atoms with Crippen LogP contribution < -0.4 is 0 Å². The number of aliphatic carboxylic acids is 1. The van der Waals surface area contributed by atoms with Crippen molar-refractivity contribution in [3.63, 3.8) is 0 Å². The van der Waals surface area contributed by atoms with Crippen molar-refractivity contribution < 1.29 is 9.90 Å². The van der Waals surface area contributed by atoms with Gasteiger partial charge in [-0.15, -0.1) is 0 Å². The molecule has 2 aliphatic rings. The van der Waals surface area contributed by atoms with Crippen molar-refractivity contribution in [2.45, 2.75) is 31.3 Å². The highest BCUT2D eigenvalue weighted by Gasteiger charge is 2.44. The molecule has 0 unspecified atom stereocenters. The molecule has 1 heterocycles. The molecule has 0 aromatic rings. The molecule has 0 radical (unpaired) electrons. The van der Waals surface area contributed by atoms with Gasteiger partial charge in [0, 0.05) is 0 Å². The third kappa shape index (κ3) is 1.13. The molecule has 11 heavy (non-hydrogen) atoms. The molecule has 0 aromatic heterocycles. The van der Waals surface area contributed by atoms with E-state index in [0.717, 1.165) is 25.7 Å². The summed E-state index contributed by atoms with van der Waals surface area (Å²) in [4.78, 5) is 10.5. The van der Waals surface area contributed by atoms with Gasteiger partial charge in [-0.05, 0) is 25.7 Å². The van der Waals surface area contributed by atoms with Crippen LogP contribution in [0.15, 0.2) is 10.2 Å². The van der Waals surface area contributed by atoms with E-state index in [1.54, 1.807) is 0 Å². The molecule has 1 aliphatic heterocycles. The van der Waals surface area contributed by atoms with Crippen molar-refractivity contribution in [2.75, 3.05) is 0 Å². The fourth-order valence-electron chi connectivity index (χ4n) is 1.60. The normalized spacial score (nSPS) is 27.3. The predicted octanol–water partition coefficient (Wildman–Crippen LogP) is 1.42. The van der Waals surface area contributed by atoms with E-state index in [1.165, 1.54) is 0 Å². The van der Waals surface area contributed by atoms with Crippen LogP contribution in [0.3, 0.4) is 0 Å². The second kappa shape index (κ2) is 2.03. The highest BCUT2D eigenvalue weighted by molar-refractivity contribution is 5.70. The highest BCUT2D eigenvalue weighted by atomic mass is 16.4. The van der Waals surface area contributed by atoms with Crippen molar-refractivity contribution in [3.8, 4) is 0 Å². The molecule has 0 aromatic carbocycles. The van der Waals surface area contributed by atoms with Gasteiger partial charge in [-0.25, -0.2) is 0 Å². The van der Waals surface area contributed by atoms with Gasteiger partial charge in [-0.2, -0.15) is 10.2 Å². The number of hydrogen-bond donors (Lipinski definition) is 1. The Labute approximate surface area is 64.3 Å². The zero-order valence-electron chi connectivity index (χ0n) is 6.16. The lowest BCUT2D eigenvalue weighted by atomic mass is 9.84. The van der Waals surface area contributed by atoms with Crippen LogP contribution in [0.2, 0.25) is 0 Å². The lowest BCUT2D eigenvalue weighted by molar-refractivity contribution is -0.142. The minimum Gasteiger partial charge on any atom is -0.481 e. The second-order valence-corrected chi connectivity index (χ2v) is 3.29. The third-order valence-corrected chi connectivity index (χ3v) is 2.52. The summed E-state index contributed by atoms with van der Waals surface area (Å²) in [6.07, 6.45) is 3.15. The molecule has 4 nitrogen and oxygen atoms in total. The standard InChI is InChI=1S/C7H10N2O2/c10-6(11)5-1-3-7(4-2-5)8-9-7/h5H,1-4H2,(H,10,11). The van der Waals surface area contributed by atoms with Crippen molar-refractivity contribution in [1.29, 1.82) is 0 Å². The highest BCUT2D eigenvalue weighted by Crippen LogP contribution is 2.44. The average Bonchev–Trinajstić information content (AvgIpc) is 2.70. The Morgan fingerprint density at radius 2 is 1.91 bits per heavy atom. The van der Waals surface area contributed by atoms with E-state index in [1.807, 2.05) is 0 Å². The monoisotopic (exact) mass is 154 g/mol. The van der Waals surface area contributed by atoms with E-state index in [2.05, 4.69) is 10.2 Å². The van der Waals surface area contributed by atoms with Gasteiger partial charge < -0.3 is 5.11 Å². The lowest BCUT2D eigenvalue weighted by Crippen LogP contribution is -2.25. The molecule has 1 N–H and O–H groups in total. The maximum absolute atomic E-state index is 10.5. The molecule has 0 amide bonds. The number of nitrogens with zero attached hydrogens (tertiary/aromatic N) is 2. The first-order valence-corrected chi connectivity index (χ1v) is 3.89. The molecule has 1 saturated carbocycles. The van der Waals surface area contributed by atoms with Gasteiger partial charge in [0.25, 0.3) is 0 Å². The molecule has 60 valence electrons. The van der Waals surface area contributed by atoms with Crippen LogP contribution in [0.5, 0.6) is 0 Å². The number of hydrogen-bond acceptors (Lipinski definition) is 3. The van der Waals surface area contributed by atoms with Gasteiger partial charge in [-0.3, -0.25) is 4.79 Å². The largest absolute Gasteiger partial charge is 0.481 e. The maximum atomic E-state index is 10.5. The van der Waals surface area contributed by atoms with Crippen LogP contribution in [-0.2, 0) is 4.79 Å². The number of carboxylic acids is 1. The van der Waals surface area contributed by atoms with Gasteiger partial charge in [0.05, 0.1) is 5.92 Å². The fourth-order valence-corrected chi connectivity index (χ4v) is 1.60. The van der Waals surface area contributed by atoms with E-state index >= 15 is 0 Å². The molecule has 1 aliphatic carbocycles. The zero-order valence-corrected chi connectivity index (χ0v) is 6.16. The summed E-state index contributed by atoms with van der Waals surface area (Å²) in [5.41, 5.74) is -0.119. The van der Waals surface area contributed by atoms with E-state index in [4.69, 9.17) is 5.11 Å². The summed E-state index contributed by atoms with van der Waals surface area (Å²) in [6.45, 7) is 0. The van der Waals surface area contributed by atoms with Crippen molar-refractivity contribution in [1.82, 2.24) is 0 Å². The minimum atomic E-state index is -0.666. The SMILES string of the molecule is O=C(O)C1CCC2(CC1)N=N2. The zero-order chi connectivity index (χ0) is 7.90. The first-order valence-electron chi connectivity index (χ1n) is 3.89. The third-order valence-electron chi connectivity index (χ3n) is 2.52. The summed E-state index contributed by atoms with van der Waals surface area (Å²) in [5.74, 6) is -0.813. The van der Waals surface area contributed by atoms with E-state index in [-0.39, 0.29) is 11.6 Å². The minimum absolute atomic E-state index is 0.119. The van der Waals surface area contributed by atoms with Crippen LogP contribution in [0.25, 0.3) is 0 Å². The van der Waals surface area contributed by atoms with E-state index in [9.17, 15) is 4.79 Å². The Hall–Kier alpha value is -0.930. The summed E-state index contributed by atoms with van der Waals surface area (Å²) >= 11 is 0. The van der Waals surface area contributed by atoms with Crippen LogP contribution in [0.1, 0.15) is 25.7 Å². The Kier molecular flexibility index (Phi) is 1.25. The van der Waals surface area contributed by atoms with E-state index < -0.39 is 5.97 Å². The average molecular weight is 154 g/mol. The van der Waals surface area contributed by atoms with Gasteiger partial charge in [0.15, 0.2) is 5.66 Å². The quantitative estimate of drug-likeness (QED) is 0.620. The van der Waals surface area contributed by atoms with Gasteiger partial charge in [0.1, 0.15) is 0 Å². The smallest absolute Gasteiger partial charge is 0.306 e. The summed E-state index contributed by atoms with van der Waals surface area (Å²) < 4.78 is 0. The summed E-state index contributed by atoms with van der Waals surface area (Å²) in [7, 11) is 0. The Morgan fingerprint density at radius 1 is 1.36 bits per heavy atom. The fraction of sp³-hybridized carbons (Fsp3) is 0.857. The molecule has 0 bridgehead atoms. The Balaban J connectivity index is 1.89. The molecular formula is C7H10N2O2. The van der Waals surface area contributed by atoms with Crippen LogP contribution >= 0.6 is 0 Å². The topological polar surface area (TPSA) is 62.0 Å². The first-order chi connectivity index (χ1) is 5.22. The van der Waals surface area contributed by atoms with Crippen molar-refractivity contribution >= 4 is 5.97 Å². The lowest BCUT2D eigenvalue weighted by Gasteiger charge is -2.21. The van der Waals surface area contributed by atoms with E-state index in [0.29, 0.717) is 0 Å². The second-order valence-electron chi connectivity index (χ2n) is 3.29. The molecule has 2 rings (SSSR count). The number of rotatable bonds is 1. The van der Waals surface area contributed by atoms with Gasteiger partial charge >= 0.3 is 5.97 Å². The first kappa shape index (κ1) is 6.76. The Morgan fingerprint density at radius 3 is 2.27 bits per heavy atom. The number of carbonyl (C=O) groups is 1. The molecule has 1 spiro atoms. The van der Waals surface area contributed by atoms with Crippen LogP contribution in [0, 0.1) is 5.92 Å². The van der Waals surface area contributed by atoms with Gasteiger partial charge in [0.2, 0.25) is 0 Å². The van der Waals surface area contributed by atoms with Crippen LogP contribution in [-0.4, -0.2) is 16.7 Å². The molecular weight excluding hydrogens is 144 g/mol. The molecule has 1 fully saturated rings. The molecule has 0 saturated heterocycles. The van der Waals surface area contributed by atoms with Crippen molar-refractivity contribution in [3.05, 3.63) is 0 Å². The summed E-state index contributed by atoms with van der Waals surface area (Å²) in [6, 6.07) is 0. The predicted molar refractivity (Wildman–Crippen MR) is 37.2 cm³/mol. The maximum Gasteiger partial charge on any atom is 0.306 e. The summed E-state index contributed by atoms with van der Waals surface area (Å²) in [5, 5.41) is 16.5. The number of carboxylic acid groups (broad SMARTS) is 1. The Bertz CT molecular complexity index is 208. The van der Waals surface area contributed by atoms with Crippen molar-refractivity contribution in [2.24, 2.45) is 16.1 Å².